The number of aryl methyl sites for hydroxylation is 2. The summed E-state index contributed by atoms with van der Waals surface area (Å²) in [6, 6.07) is -0.589. The van der Waals surface area contributed by atoms with Crippen molar-refractivity contribution in [2.45, 2.75) is 46.7 Å². The summed E-state index contributed by atoms with van der Waals surface area (Å²) >= 11 is 1.45. The van der Waals surface area contributed by atoms with Gasteiger partial charge in [-0.2, -0.15) is 0 Å². The van der Waals surface area contributed by atoms with Gasteiger partial charge in [-0.25, -0.2) is 9.78 Å². The standard InChI is InChI=1S/C15H20N4O3S/c1-5-8(2)17-15(22)18-11(20)6-19-7-16-13-12(14(19)21)9(3)10(4)23-13/h7-8H,5-6H2,1-4H3,(H2,17,18,20,22)/t8-/m1/s1. The molecule has 0 saturated carbocycles. The summed E-state index contributed by atoms with van der Waals surface area (Å²) in [6.07, 6.45) is 2.10. The van der Waals surface area contributed by atoms with E-state index in [0.717, 1.165) is 16.9 Å². The number of nitrogens with zero attached hydrogens (tertiary/aromatic N) is 2. The molecule has 0 aliphatic rings. The SMILES string of the molecule is CC[C@@H](C)NC(=O)NC(=O)Cn1cnc2sc(C)c(C)c2c1=O. The first-order valence-electron chi connectivity index (χ1n) is 7.39. The van der Waals surface area contributed by atoms with Gasteiger partial charge < -0.3 is 5.32 Å². The van der Waals surface area contributed by atoms with Crippen LogP contribution in [-0.4, -0.2) is 27.5 Å². The lowest BCUT2D eigenvalue weighted by Crippen LogP contribution is -2.45. The summed E-state index contributed by atoms with van der Waals surface area (Å²) in [4.78, 5) is 41.9. The third kappa shape index (κ3) is 3.76. The minimum atomic E-state index is -0.561. The molecule has 124 valence electrons. The van der Waals surface area contributed by atoms with E-state index < -0.39 is 11.9 Å². The maximum absolute atomic E-state index is 12.5. The van der Waals surface area contributed by atoms with E-state index in [4.69, 9.17) is 0 Å². The number of thiophene rings is 1. The lowest BCUT2D eigenvalue weighted by Gasteiger charge is -2.12. The van der Waals surface area contributed by atoms with Gasteiger partial charge in [0.15, 0.2) is 0 Å². The van der Waals surface area contributed by atoms with Crippen LogP contribution in [0.3, 0.4) is 0 Å². The molecule has 0 unspecified atom stereocenters. The lowest BCUT2D eigenvalue weighted by molar-refractivity contribution is -0.120. The van der Waals surface area contributed by atoms with E-state index >= 15 is 0 Å². The second-order valence-electron chi connectivity index (χ2n) is 5.47. The molecule has 0 aromatic carbocycles. The molecule has 0 saturated heterocycles. The normalized spacial score (nSPS) is 12.2. The number of rotatable bonds is 4. The van der Waals surface area contributed by atoms with Crippen molar-refractivity contribution in [1.29, 1.82) is 0 Å². The third-order valence-corrected chi connectivity index (χ3v) is 4.83. The molecule has 0 bridgehead atoms. The van der Waals surface area contributed by atoms with Crippen molar-refractivity contribution in [2.75, 3.05) is 0 Å². The maximum Gasteiger partial charge on any atom is 0.321 e. The molecule has 0 aliphatic carbocycles. The summed E-state index contributed by atoms with van der Waals surface area (Å²) < 4.78 is 1.22. The van der Waals surface area contributed by atoms with Gasteiger partial charge in [-0.1, -0.05) is 6.92 Å². The van der Waals surface area contributed by atoms with Gasteiger partial charge in [0.05, 0.1) is 11.7 Å². The Kier molecular flexibility index (Phi) is 5.15. The van der Waals surface area contributed by atoms with Crippen molar-refractivity contribution in [3.05, 3.63) is 27.1 Å². The number of hydrogen-bond acceptors (Lipinski definition) is 5. The predicted octanol–water partition coefficient (Wildman–Crippen LogP) is 1.70. The first kappa shape index (κ1) is 17.1. The molecule has 1 atom stereocenters. The highest BCUT2D eigenvalue weighted by Crippen LogP contribution is 2.25. The summed E-state index contributed by atoms with van der Waals surface area (Å²) in [7, 11) is 0. The maximum atomic E-state index is 12.5. The topological polar surface area (TPSA) is 93.1 Å². The van der Waals surface area contributed by atoms with Crippen molar-refractivity contribution in [2.24, 2.45) is 0 Å². The zero-order valence-electron chi connectivity index (χ0n) is 13.6. The molecule has 8 heteroatoms. The Morgan fingerprint density at radius 3 is 2.74 bits per heavy atom. The minimum absolute atomic E-state index is 0.0278. The molecular formula is C15H20N4O3S. The Morgan fingerprint density at radius 1 is 1.39 bits per heavy atom. The Bertz CT molecular complexity index is 809. The van der Waals surface area contributed by atoms with Crippen LogP contribution in [0.1, 0.15) is 30.7 Å². The second-order valence-corrected chi connectivity index (χ2v) is 6.68. The molecule has 2 aromatic heterocycles. The summed E-state index contributed by atoms with van der Waals surface area (Å²) in [5.41, 5.74) is 0.612. The fourth-order valence-electron chi connectivity index (χ4n) is 2.07. The number of carbonyl (C=O) groups excluding carboxylic acids is 2. The first-order chi connectivity index (χ1) is 10.8. The number of fused-ring (bicyclic) bond motifs is 1. The van der Waals surface area contributed by atoms with E-state index in [1.165, 1.54) is 22.2 Å². The second kappa shape index (κ2) is 6.91. The van der Waals surface area contributed by atoms with Crippen LogP contribution in [-0.2, 0) is 11.3 Å². The van der Waals surface area contributed by atoms with Crippen LogP contribution < -0.4 is 16.2 Å². The average Bonchev–Trinajstić information content (AvgIpc) is 2.77. The number of amides is 3. The van der Waals surface area contributed by atoms with Crippen molar-refractivity contribution in [3.8, 4) is 0 Å². The number of imide groups is 1. The average molecular weight is 336 g/mol. The van der Waals surface area contributed by atoms with Crippen molar-refractivity contribution >= 4 is 33.5 Å². The molecule has 0 spiro atoms. The van der Waals surface area contributed by atoms with Crippen LogP contribution in [0.2, 0.25) is 0 Å². The van der Waals surface area contributed by atoms with Crippen LogP contribution >= 0.6 is 11.3 Å². The first-order valence-corrected chi connectivity index (χ1v) is 8.20. The van der Waals surface area contributed by atoms with Gasteiger partial charge >= 0.3 is 6.03 Å². The van der Waals surface area contributed by atoms with Crippen LogP contribution in [0.25, 0.3) is 10.2 Å². The van der Waals surface area contributed by atoms with Gasteiger partial charge in [0.2, 0.25) is 5.91 Å². The molecule has 0 aliphatic heterocycles. The third-order valence-electron chi connectivity index (χ3n) is 3.71. The highest BCUT2D eigenvalue weighted by Gasteiger charge is 2.15. The van der Waals surface area contributed by atoms with Gasteiger partial charge in [-0.15, -0.1) is 11.3 Å². The van der Waals surface area contributed by atoms with Gasteiger partial charge in [0.25, 0.3) is 5.56 Å². The smallest absolute Gasteiger partial charge is 0.321 e. The molecule has 23 heavy (non-hydrogen) atoms. The Labute approximate surface area is 137 Å². The number of urea groups is 1. The molecule has 3 amide bonds. The lowest BCUT2D eigenvalue weighted by atomic mass is 10.2. The number of carbonyl (C=O) groups is 2. The summed E-state index contributed by atoms with van der Waals surface area (Å²) in [5, 5.41) is 5.38. The van der Waals surface area contributed by atoms with Crippen molar-refractivity contribution in [3.63, 3.8) is 0 Å². The zero-order chi connectivity index (χ0) is 17.1. The molecule has 0 radical (unpaired) electrons. The molecule has 2 rings (SSSR count). The Morgan fingerprint density at radius 2 is 2.09 bits per heavy atom. The van der Waals surface area contributed by atoms with Gasteiger partial charge in [-0.05, 0) is 32.8 Å². The van der Waals surface area contributed by atoms with Crippen LogP contribution in [0.4, 0.5) is 4.79 Å². The molecule has 0 fully saturated rings. The minimum Gasteiger partial charge on any atom is -0.335 e. The van der Waals surface area contributed by atoms with E-state index in [0.29, 0.717) is 10.2 Å². The summed E-state index contributed by atoms with van der Waals surface area (Å²) in [5.74, 6) is -0.557. The van der Waals surface area contributed by atoms with E-state index in [9.17, 15) is 14.4 Å². The van der Waals surface area contributed by atoms with Crippen LogP contribution in [0.5, 0.6) is 0 Å². The van der Waals surface area contributed by atoms with Crippen molar-refractivity contribution in [1.82, 2.24) is 20.2 Å². The van der Waals surface area contributed by atoms with E-state index in [-0.39, 0.29) is 18.1 Å². The predicted molar refractivity (Wildman–Crippen MR) is 89.8 cm³/mol. The highest BCUT2D eigenvalue weighted by atomic mass is 32.1. The van der Waals surface area contributed by atoms with E-state index in [1.807, 2.05) is 27.7 Å². The number of hydrogen-bond donors (Lipinski definition) is 2. The summed E-state index contributed by atoms with van der Waals surface area (Å²) in [6.45, 7) is 7.31. The van der Waals surface area contributed by atoms with Crippen LogP contribution in [0.15, 0.2) is 11.1 Å². The van der Waals surface area contributed by atoms with Gasteiger partial charge in [0, 0.05) is 10.9 Å². The number of aromatic nitrogens is 2. The Balaban J connectivity index is 2.14. The highest BCUT2D eigenvalue weighted by molar-refractivity contribution is 7.18. The fraction of sp³-hybridized carbons (Fsp3) is 0.467. The largest absolute Gasteiger partial charge is 0.335 e. The molecule has 7 nitrogen and oxygen atoms in total. The molecular weight excluding hydrogens is 316 g/mol. The van der Waals surface area contributed by atoms with Crippen LogP contribution in [0, 0.1) is 13.8 Å². The molecule has 2 N–H and O–H groups in total. The monoisotopic (exact) mass is 336 g/mol. The Hall–Kier alpha value is -2.22. The van der Waals surface area contributed by atoms with Crippen molar-refractivity contribution < 1.29 is 9.59 Å². The van der Waals surface area contributed by atoms with E-state index in [1.54, 1.807) is 0 Å². The number of nitrogens with one attached hydrogen (secondary N) is 2. The van der Waals surface area contributed by atoms with E-state index in [2.05, 4.69) is 15.6 Å². The zero-order valence-corrected chi connectivity index (χ0v) is 14.4. The van der Waals surface area contributed by atoms with Gasteiger partial charge in [0.1, 0.15) is 11.4 Å². The van der Waals surface area contributed by atoms with Gasteiger partial charge in [-0.3, -0.25) is 19.5 Å². The fourth-order valence-corrected chi connectivity index (χ4v) is 3.05. The quantitative estimate of drug-likeness (QED) is 0.889. The molecule has 2 aromatic rings. The molecule has 2 heterocycles.